The molecule has 0 aliphatic carbocycles. The molecule has 28 heteroatoms. The normalized spacial score (nSPS) is 13.2. The average Bonchev–Trinajstić information content (AvgIpc) is 3.09. The van der Waals surface area contributed by atoms with E-state index in [9.17, 15) is 0 Å². The standard InChI is InChI=1S/C12H36O8Si5.C8H20O2Si.4C3H10O2Si/c1-13-21(5,6)17-25(18-22(7,8)14-2,19-23(9,10)15-3)20-24(11,12)16-4;1-5-7-9-11(3,4)10-8-6-2;4*1-5-6(2,3)4/h1-12H3;5-8H2,1-4H3;4*4H,1-3H3. The molecule has 0 saturated carbocycles. The minimum atomic E-state index is -3.67. The van der Waals surface area contributed by atoms with E-state index in [2.05, 4.69) is 44.6 Å². The van der Waals surface area contributed by atoms with Crippen molar-refractivity contribution in [2.45, 2.75) is 145 Å². The Bertz CT molecular complexity index is 863. The lowest BCUT2D eigenvalue weighted by Crippen LogP contribution is -2.68. The molecule has 0 aromatic rings. The van der Waals surface area contributed by atoms with Gasteiger partial charge in [-0.05, 0) is 131 Å². The Morgan fingerprint density at radius 2 is 0.433 bits per heavy atom. The molecule has 0 spiro atoms. The van der Waals surface area contributed by atoms with Crippen LogP contribution < -0.4 is 0 Å². The van der Waals surface area contributed by atoms with Crippen molar-refractivity contribution < 1.29 is 79.9 Å². The topological polar surface area (TPSA) is 210 Å². The fraction of sp³-hybridized carbons (Fsp3) is 1.00. The minimum absolute atomic E-state index is 0.836. The summed E-state index contributed by atoms with van der Waals surface area (Å²) in [5, 5.41) is 0. The predicted octanol–water partition coefficient (Wildman–Crippen LogP) is 6.73. The van der Waals surface area contributed by atoms with Gasteiger partial charge in [-0.3, -0.25) is 0 Å². The zero-order chi connectivity index (χ0) is 49.7. The van der Waals surface area contributed by atoms with Crippen molar-refractivity contribution in [1.29, 1.82) is 0 Å². The van der Waals surface area contributed by atoms with Crippen LogP contribution in [0.15, 0.2) is 0 Å². The molecule has 0 amide bonds. The zero-order valence-electron chi connectivity index (χ0n) is 43.3. The molecular formula is C32H96O18Si10. The first-order valence-corrected chi connectivity index (χ1v) is 47.0. The van der Waals surface area contributed by atoms with Gasteiger partial charge in [0.15, 0.2) is 0 Å². The van der Waals surface area contributed by atoms with Gasteiger partial charge in [0.25, 0.3) is 0 Å². The highest BCUT2D eigenvalue weighted by Crippen LogP contribution is 2.30. The molecule has 0 radical (unpaired) electrons. The SMILES string of the molecule is CCCO[Si](C)(C)OCCC.CO[Si](C)(C)O.CO[Si](C)(C)O.CO[Si](C)(C)O.CO[Si](C)(C)O.CO[Si](C)(C)O[Si](O[Si](C)(C)OC)(O[Si](C)(C)OC)O[Si](C)(C)OC. The summed E-state index contributed by atoms with van der Waals surface area (Å²) in [5.74, 6) is 0. The Balaban J connectivity index is -0.000000170. The van der Waals surface area contributed by atoms with Gasteiger partial charge in [0, 0.05) is 70.1 Å². The molecule has 0 bridgehead atoms. The van der Waals surface area contributed by atoms with Crippen LogP contribution in [0.2, 0.25) is 118 Å². The van der Waals surface area contributed by atoms with Gasteiger partial charge in [0.1, 0.15) is 0 Å². The lowest BCUT2D eigenvalue weighted by Gasteiger charge is -2.43. The second-order valence-corrected chi connectivity index (χ2v) is 50.7. The quantitative estimate of drug-likeness (QED) is 0.0829. The van der Waals surface area contributed by atoms with Crippen molar-refractivity contribution in [3.05, 3.63) is 0 Å². The molecule has 4 N–H and O–H groups in total. The van der Waals surface area contributed by atoms with Gasteiger partial charge < -0.3 is 79.9 Å². The van der Waals surface area contributed by atoms with E-state index < -0.39 is 86.1 Å². The smallest absolute Gasteiger partial charge is 0.411 e. The van der Waals surface area contributed by atoms with Gasteiger partial charge in [-0.2, -0.15) is 0 Å². The molecule has 0 aromatic carbocycles. The van der Waals surface area contributed by atoms with Crippen molar-refractivity contribution in [3.8, 4) is 0 Å². The van der Waals surface area contributed by atoms with Gasteiger partial charge in [-0.25, -0.2) is 0 Å². The van der Waals surface area contributed by atoms with Crippen molar-refractivity contribution in [3.63, 3.8) is 0 Å². The van der Waals surface area contributed by atoms with E-state index >= 15 is 0 Å². The first kappa shape index (κ1) is 73.0. The highest BCUT2D eigenvalue weighted by Gasteiger charge is 2.60. The maximum absolute atomic E-state index is 8.74. The number of rotatable bonds is 22. The summed E-state index contributed by atoms with van der Waals surface area (Å²) >= 11 is 0. The molecule has 0 rings (SSSR count). The van der Waals surface area contributed by atoms with Gasteiger partial charge in [0.05, 0.1) is 0 Å². The van der Waals surface area contributed by atoms with E-state index in [1.165, 1.54) is 28.4 Å². The summed E-state index contributed by atoms with van der Waals surface area (Å²) < 4.78 is 77.4. The third-order valence-corrected chi connectivity index (χ3v) is 28.3. The molecule has 372 valence electrons. The molecule has 0 heterocycles. The molecule has 0 aliphatic heterocycles. The van der Waals surface area contributed by atoms with E-state index in [1.54, 1.807) is 80.8 Å². The second kappa shape index (κ2) is 33.8. The molecule has 0 fully saturated rings. The van der Waals surface area contributed by atoms with Crippen LogP contribution in [-0.2, 0) is 60.7 Å². The molecule has 0 unspecified atom stereocenters. The Morgan fingerprint density at radius 1 is 0.283 bits per heavy atom. The van der Waals surface area contributed by atoms with Crippen molar-refractivity contribution >= 4 is 86.1 Å². The largest absolute Gasteiger partial charge is 0.643 e. The van der Waals surface area contributed by atoms with Gasteiger partial charge in [-0.15, -0.1) is 0 Å². The molecule has 0 aliphatic rings. The fourth-order valence-corrected chi connectivity index (χ4v) is 17.9. The Kier molecular flexibility index (Phi) is 41.2. The van der Waals surface area contributed by atoms with Crippen LogP contribution in [0.25, 0.3) is 0 Å². The van der Waals surface area contributed by atoms with Crippen molar-refractivity contribution in [2.75, 3.05) is 70.1 Å². The minimum Gasteiger partial charge on any atom is -0.411 e. The highest BCUT2D eigenvalue weighted by atomic mass is 28.6. The van der Waals surface area contributed by atoms with Crippen LogP contribution >= 0.6 is 0 Å². The van der Waals surface area contributed by atoms with Crippen LogP contribution in [0.4, 0.5) is 0 Å². The van der Waals surface area contributed by atoms with E-state index in [0.29, 0.717) is 0 Å². The summed E-state index contributed by atoms with van der Waals surface area (Å²) in [6.45, 7) is 39.1. The lowest BCUT2D eigenvalue weighted by atomic mass is 10.5. The Hall–Kier alpha value is 1.45. The number of hydrogen-bond acceptors (Lipinski definition) is 18. The predicted molar refractivity (Wildman–Crippen MR) is 265 cm³/mol. The molecule has 0 saturated heterocycles. The van der Waals surface area contributed by atoms with Crippen LogP contribution in [0.5, 0.6) is 0 Å². The van der Waals surface area contributed by atoms with Gasteiger partial charge >= 0.3 is 86.1 Å². The lowest BCUT2D eigenvalue weighted by molar-refractivity contribution is 0.0830. The average molecular weight is 1050 g/mol. The maximum atomic E-state index is 8.74. The summed E-state index contributed by atoms with van der Waals surface area (Å²) in [4.78, 5) is 35.0. The third kappa shape index (κ3) is 57.5. The summed E-state index contributed by atoms with van der Waals surface area (Å²) in [5.41, 5.74) is 0. The summed E-state index contributed by atoms with van der Waals surface area (Å²) in [6, 6.07) is 0. The monoisotopic (exact) mass is 1050 g/mol. The van der Waals surface area contributed by atoms with Crippen LogP contribution in [-0.4, -0.2) is 175 Å². The summed E-state index contributed by atoms with van der Waals surface area (Å²) in [7, 11) is -11.7. The third-order valence-electron chi connectivity index (χ3n) is 6.76. The highest BCUT2D eigenvalue weighted by molar-refractivity contribution is 6.88. The van der Waals surface area contributed by atoms with E-state index in [-0.39, 0.29) is 0 Å². The van der Waals surface area contributed by atoms with Crippen molar-refractivity contribution in [2.24, 2.45) is 0 Å². The molecular weight excluding hydrogens is 953 g/mol. The fourth-order valence-electron chi connectivity index (χ4n) is 2.23. The molecule has 0 aromatic heterocycles. The number of hydrogen-bond donors (Lipinski definition) is 4. The Labute approximate surface area is 378 Å². The van der Waals surface area contributed by atoms with Gasteiger partial charge in [0.2, 0.25) is 0 Å². The molecule has 0 atom stereocenters. The first-order chi connectivity index (χ1) is 26.4. The second-order valence-electron chi connectivity index (χ2n) is 17.0. The molecule has 18 nitrogen and oxygen atoms in total. The van der Waals surface area contributed by atoms with E-state index in [1.807, 2.05) is 52.4 Å². The van der Waals surface area contributed by atoms with Crippen LogP contribution in [0, 0.1) is 0 Å². The summed E-state index contributed by atoms with van der Waals surface area (Å²) in [6.07, 6.45) is 2.15. The zero-order valence-corrected chi connectivity index (χ0v) is 53.3. The van der Waals surface area contributed by atoms with Crippen LogP contribution in [0.3, 0.4) is 0 Å². The molecule has 60 heavy (non-hydrogen) atoms. The first-order valence-electron chi connectivity index (χ1n) is 19.8. The Morgan fingerprint density at radius 3 is 0.533 bits per heavy atom. The van der Waals surface area contributed by atoms with Crippen LogP contribution in [0.1, 0.15) is 26.7 Å². The maximum Gasteiger partial charge on any atom is 0.643 e. The van der Waals surface area contributed by atoms with E-state index in [4.69, 9.17) is 62.2 Å². The van der Waals surface area contributed by atoms with Gasteiger partial charge in [-0.1, -0.05) is 13.8 Å². The van der Waals surface area contributed by atoms with E-state index in [0.717, 1.165) is 26.1 Å². The van der Waals surface area contributed by atoms with Crippen molar-refractivity contribution in [1.82, 2.24) is 0 Å².